The first-order valence-electron chi connectivity index (χ1n) is 18.9. The topological polar surface area (TPSA) is 101 Å². The Hall–Kier alpha value is -3.45. The van der Waals surface area contributed by atoms with Crippen LogP contribution in [0.5, 0.6) is 28.7 Å². The maximum atomic E-state index is 9.54. The lowest BCUT2D eigenvalue weighted by Gasteiger charge is -2.10. The molecule has 0 fully saturated rings. The number of aryl methyl sites for hydroxylation is 8. The van der Waals surface area contributed by atoms with Crippen LogP contribution >= 0.6 is 58.0 Å². The van der Waals surface area contributed by atoms with Gasteiger partial charge in [0.1, 0.15) is 28.7 Å². The fourth-order valence-electron chi connectivity index (χ4n) is 5.66. The van der Waals surface area contributed by atoms with Crippen LogP contribution in [0, 0.1) is 48.5 Å². The van der Waals surface area contributed by atoms with E-state index in [1.54, 1.807) is 36.4 Å². The number of phenolic OH excluding ortho intramolecular Hbond substituents is 5. The molecule has 0 aliphatic heterocycles. The van der Waals surface area contributed by atoms with Crippen LogP contribution in [-0.4, -0.2) is 25.5 Å². The van der Waals surface area contributed by atoms with Crippen LogP contribution in [0.4, 0.5) is 0 Å². The standard InChI is InChI=1S/3C10H13ClO.C9H11ClO.C8H9ClO/c1-6(2)8-5-9(11)7(3)4-10(8)12;1-4-8-7(3)10(11)6(2)5-9(8)12;1-3-4-8-6-9(11)7(2)5-10(8)12;1-3-7-5-8(10)6(2)4-9(7)11;1-5-3-7(10)4-6(2)8(5)9/h4-6,12H,1-3H3;5,12H,4H2,1-3H3;5-6,12H,3-4H2,1-2H3;4-5,11H,3H2,1-2H3;3-4,10H,1-2H3. The molecule has 0 heterocycles. The number of aromatic hydroxyl groups is 5. The summed E-state index contributed by atoms with van der Waals surface area (Å²) in [6.45, 7) is 23.3. The normalized spacial score (nSPS) is 10.3. The van der Waals surface area contributed by atoms with Crippen molar-refractivity contribution in [3.05, 3.63) is 141 Å². The number of hydrogen-bond acceptors (Lipinski definition) is 5. The second kappa shape index (κ2) is 24.5. The third-order valence-electron chi connectivity index (χ3n) is 9.12. The van der Waals surface area contributed by atoms with Crippen LogP contribution < -0.4 is 0 Å². The summed E-state index contributed by atoms with van der Waals surface area (Å²) in [5.74, 6) is 1.99. The van der Waals surface area contributed by atoms with E-state index in [1.165, 1.54) is 0 Å². The van der Waals surface area contributed by atoms with Gasteiger partial charge in [0.2, 0.25) is 0 Å². The zero-order chi connectivity index (χ0) is 43.9. The molecule has 0 saturated carbocycles. The van der Waals surface area contributed by atoms with Gasteiger partial charge in [-0.1, -0.05) is 99.0 Å². The van der Waals surface area contributed by atoms with Crippen LogP contribution in [0.15, 0.2) is 54.6 Å². The second-order valence-electron chi connectivity index (χ2n) is 14.3. The van der Waals surface area contributed by atoms with Crippen molar-refractivity contribution >= 4 is 58.0 Å². The number of hydrogen-bond donors (Lipinski definition) is 5. The molecule has 0 unspecified atom stereocenters. The van der Waals surface area contributed by atoms with Gasteiger partial charge in [-0.3, -0.25) is 0 Å². The highest BCUT2D eigenvalue weighted by Crippen LogP contribution is 2.32. The molecule has 0 bridgehead atoms. The van der Waals surface area contributed by atoms with Gasteiger partial charge in [0.15, 0.2) is 0 Å². The van der Waals surface area contributed by atoms with Crippen molar-refractivity contribution in [3.8, 4) is 28.7 Å². The van der Waals surface area contributed by atoms with E-state index in [2.05, 4.69) is 6.92 Å². The smallest absolute Gasteiger partial charge is 0.119 e. The molecule has 5 aromatic rings. The van der Waals surface area contributed by atoms with Crippen molar-refractivity contribution < 1.29 is 25.5 Å². The molecule has 5 nitrogen and oxygen atoms in total. The molecule has 5 N–H and O–H groups in total. The molecule has 0 aliphatic rings. The largest absolute Gasteiger partial charge is 0.508 e. The van der Waals surface area contributed by atoms with Gasteiger partial charge in [-0.2, -0.15) is 0 Å². The maximum absolute atomic E-state index is 9.54. The van der Waals surface area contributed by atoms with E-state index in [0.717, 1.165) is 112 Å². The van der Waals surface area contributed by atoms with Crippen molar-refractivity contribution in [3.63, 3.8) is 0 Å². The van der Waals surface area contributed by atoms with E-state index in [1.807, 2.05) is 94.4 Å². The Morgan fingerprint density at radius 1 is 0.456 bits per heavy atom. The van der Waals surface area contributed by atoms with Crippen LogP contribution in [0.2, 0.25) is 25.1 Å². The molecule has 5 aromatic carbocycles. The molecule has 0 atom stereocenters. The van der Waals surface area contributed by atoms with E-state index in [0.29, 0.717) is 28.9 Å². The lowest BCUT2D eigenvalue weighted by atomic mass is 10.0. The molecule has 0 aliphatic carbocycles. The fraction of sp³-hybridized carbons (Fsp3) is 0.362. The van der Waals surface area contributed by atoms with Gasteiger partial charge in [0.05, 0.1) is 0 Å². The Bertz CT molecular complexity index is 2070. The number of benzene rings is 5. The molecular formula is C47H59Cl5O5. The highest BCUT2D eigenvalue weighted by Gasteiger charge is 2.10. The van der Waals surface area contributed by atoms with E-state index < -0.39 is 0 Å². The molecule has 0 saturated heterocycles. The maximum Gasteiger partial charge on any atom is 0.119 e. The number of phenols is 5. The van der Waals surface area contributed by atoms with E-state index in [-0.39, 0.29) is 5.75 Å². The minimum absolute atomic E-state index is 0.277. The first-order valence-corrected chi connectivity index (χ1v) is 20.8. The van der Waals surface area contributed by atoms with Gasteiger partial charge in [0, 0.05) is 25.1 Å². The zero-order valence-corrected chi connectivity index (χ0v) is 39.0. The molecule has 312 valence electrons. The Balaban J connectivity index is 0.000000357. The Morgan fingerprint density at radius 2 is 0.860 bits per heavy atom. The minimum atomic E-state index is 0.277. The molecule has 57 heavy (non-hydrogen) atoms. The summed E-state index contributed by atoms with van der Waals surface area (Å²) in [6, 6.07) is 15.6. The monoisotopic (exact) mass is 878 g/mol. The Labute approximate surface area is 365 Å². The molecule has 0 spiro atoms. The van der Waals surface area contributed by atoms with Crippen LogP contribution in [0.3, 0.4) is 0 Å². The average molecular weight is 881 g/mol. The summed E-state index contributed by atoms with van der Waals surface area (Å²) >= 11 is 29.5. The molecule has 5 rings (SSSR count). The summed E-state index contributed by atoms with van der Waals surface area (Å²) in [7, 11) is 0. The summed E-state index contributed by atoms with van der Waals surface area (Å²) in [6.07, 6.45) is 3.53. The lowest BCUT2D eigenvalue weighted by Crippen LogP contribution is -1.91. The van der Waals surface area contributed by atoms with E-state index >= 15 is 0 Å². The molecule has 10 heteroatoms. The SMILES string of the molecule is CCCc1cc(Cl)c(C)cc1O.CCc1c(O)cc(C)c(Cl)c1C.CCc1cc(Cl)c(C)cc1O.Cc1cc(O)c(C(C)C)cc1Cl.Cc1cc(O)cc(C)c1Cl. The van der Waals surface area contributed by atoms with Gasteiger partial charge < -0.3 is 25.5 Å². The Morgan fingerprint density at radius 3 is 1.30 bits per heavy atom. The average Bonchev–Trinajstić information content (AvgIpc) is 3.13. The van der Waals surface area contributed by atoms with Crippen LogP contribution in [0.25, 0.3) is 0 Å². The Kier molecular flexibility index (Phi) is 22.1. The predicted octanol–water partition coefficient (Wildman–Crippen LogP) is 15.6. The van der Waals surface area contributed by atoms with Crippen LogP contribution in [-0.2, 0) is 19.3 Å². The summed E-state index contributed by atoms with van der Waals surface area (Å²) in [5, 5.41) is 50.6. The lowest BCUT2D eigenvalue weighted by molar-refractivity contribution is 0.464. The fourth-order valence-corrected chi connectivity index (χ4v) is 6.48. The van der Waals surface area contributed by atoms with Crippen molar-refractivity contribution in [2.24, 2.45) is 0 Å². The molecular weight excluding hydrogens is 822 g/mol. The van der Waals surface area contributed by atoms with Gasteiger partial charge in [-0.25, -0.2) is 0 Å². The summed E-state index contributed by atoms with van der Waals surface area (Å²) < 4.78 is 0. The van der Waals surface area contributed by atoms with Crippen molar-refractivity contribution in [2.45, 2.75) is 115 Å². The second-order valence-corrected chi connectivity index (χ2v) is 16.2. The zero-order valence-electron chi connectivity index (χ0n) is 35.2. The van der Waals surface area contributed by atoms with Gasteiger partial charge in [-0.05, 0) is 189 Å². The van der Waals surface area contributed by atoms with Gasteiger partial charge in [0.25, 0.3) is 0 Å². The van der Waals surface area contributed by atoms with Crippen LogP contribution in [0.1, 0.15) is 108 Å². The van der Waals surface area contributed by atoms with Gasteiger partial charge in [-0.15, -0.1) is 0 Å². The third kappa shape index (κ3) is 16.0. The minimum Gasteiger partial charge on any atom is -0.508 e. The molecule has 0 radical (unpaired) electrons. The van der Waals surface area contributed by atoms with Crippen molar-refractivity contribution in [2.75, 3.05) is 0 Å². The quantitative estimate of drug-likeness (QED) is 0.121. The predicted molar refractivity (Wildman–Crippen MR) is 246 cm³/mol. The highest BCUT2D eigenvalue weighted by molar-refractivity contribution is 6.33. The third-order valence-corrected chi connectivity index (χ3v) is 11.5. The van der Waals surface area contributed by atoms with Gasteiger partial charge >= 0.3 is 0 Å². The summed E-state index contributed by atoms with van der Waals surface area (Å²) in [5.41, 5.74) is 10.2. The van der Waals surface area contributed by atoms with E-state index in [9.17, 15) is 20.4 Å². The molecule has 0 amide bonds. The first-order chi connectivity index (χ1) is 26.5. The first kappa shape index (κ1) is 51.6. The molecule has 0 aromatic heterocycles. The summed E-state index contributed by atoms with van der Waals surface area (Å²) in [4.78, 5) is 0. The highest BCUT2D eigenvalue weighted by atomic mass is 35.5. The van der Waals surface area contributed by atoms with Crippen molar-refractivity contribution in [1.82, 2.24) is 0 Å². The van der Waals surface area contributed by atoms with Crippen molar-refractivity contribution in [1.29, 1.82) is 0 Å². The van der Waals surface area contributed by atoms with E-state index in [4.69, 9.17) is 63.1 Å². The number of rotatable bonds is 5. The number of halogens is 5.